The highest BCUT2D eigenvalue weighted by Crippen LogP contribution is 2.45. The molecule has 1 amide bonds. The van der Waals surface area contributed by atoms with E-state index in [1.165, 1.54) is 0 Å². The number of halogens is 3. The fraction of sp³-hybridized carbons (Fsp3) is 0.304. The zero-order valence-electron chi connectivity index (χ0n) is 17.7. The largest absolute Gasteiger partial charge is 0.327 e. The maximum atomic E-state index is 14.0. The van der Waals surface area contributed by atoms with E-state index in [0.29, 0.717) is 23.2 Å². The first-order chi connectivity index (χ1) is 15.9. The number of amides is 1. The van der Waals surface area contributed by atoms with Crippen molar-refractivity contribution in [3.8, 4) is 11.3 Å². The first-order valence-electron chi connectivity index (χ1n) is 10.7. The van der Waals surface area contributed by atoms with Crippen LogP contribution in [0.2, 0.25) is 0 Å². The van der Waals surface area contributed by atoms with Gasteiger partial charge in [-0.15, -0.1) is 0 Å². The topological polar surface area (TPSA) is 68.3 Å². The van der Waals surface area contributed by atoms with Gasteiger partial charge >= 0.3 is 0 Å². The number of nitrogens with zero attached hydrogens (tertiary/aromatic N) is 6. The van der Waals surface area contributed by atoms with Crippen molar-refractivity contribution in [2.24, 2.45) is 7.05 Å². The summed E-state index contributed by atoms with van der Waals surface area (Å²) in [6.45, 7) is 0. The lowest BCUT2D eigenvalue weighted by atomic mass is 9.81. The van der Waals surface area contributed by atoms with Crippen molar-refractivity contribution in [2.45, 2.75) is 37.8 Å². The zero-order chi connectivity index (χ0) is 22.9. The summed E-state index contributed by atoms with van der Waals surface area (Å²) in [5.74, 6) is -4.11. The van der Waals surface area contributed by atoms with Crippen molar-refractivity contribution in [1.29, 1.82) is 0 Å². The average molecular weight is 452 g/mol. The Hall–Kier alpha value is -3.69. The van der Waals surface area contributed by atoms with Gasteiger partial charge in [-0.1, -0.05) is 0 Å². The molecule has 1 fully saturated rings. The Morgan fingerprint density at radius 2 is 1.91 bits per heavy atom. The van der Waals surface area contributed by atoms with Gasteiger partial charge in [0.1, 0.15) is 0 Å². The van der Waals surface area contributed by atoms with Crippen molar-refractivity contribution in [1.82, 2.24) is 29.3 Å². The van der Waals surface area contributed by atoms with Crippen molar-refractivity contribution in [3.05, 3.63) is 71.2 Å². The average Bonchev–Trinajstić information content (AvgIpc) is 3.37. The van der Waals surface area contributed by atoms with Crippen LogP contribution in [0.1, 0.15) is 46.9 Å². The summed E-state index contributed by atoms with van der Waals surface area (Å²) in [6.07, 6.45) is 9.44. The molecule has 0 radical (unpaired) electrons. The third-order valence-electron chi connectivity index (χ3n) is 6.72. The number of benzene rings is 1. The molecule has 1 aromatic carbocycles. The maximum absolute atomic E-state index is 14.0. The molecule has 2 atom stereocenters. The van der Waals surface area contributed by atoms with E-state index < -0.39 is 17.5 Å². The number of aromatic nitrogens is 5. The first kappa shape index (κ1) is 20.0. The fourth-order valence-electron chi connectivity index (χ4n) is 5.34. The summed E-state index contributed by atoms with van der Waals surface area (Å²) in [7, 11) is 1.69. The van der Waals surface area contributed by atoms with Gasteiger partial charge in [0.25, 0.3) is 5.91 Å². The highest BCUT2D eigenvalue weighted by Gasteiger charge is 2.44. The van der Waals surface area contributed by atoms with Crippen LogP contribution in [0.3, 0.4) is 0 Å². The predicted molar refractivity (Wildman–Crippen MR) is 112 cm³/mol. The summed E-state index contributed by atoms with van der Waals surface area (Å²) >= 11 is 0. The Morgan fingerprint density at radius 3 is 2.70 bits per heavy atom. The van der Waals surface area contributed by atoms with E-state index in [2.05, 4.69) is 15.2 Å². The number of rotatable bonds is 2. The van der Waals surface area contributed by atoms with Gasteiger partial charge in [0.15, 0.2) is 17.5 Å². The molecule has 33 heavy (non-hydrogen) atoms. The van der Waals surface area contributed by atoms with Gasteiger partial charge < -0.3 is 4.90 Å². The lowest BCUT2D eigenvalue weighted by Crippen LogP contribution is -2.49. The quantitative estimate of drug-likeness (QED) is 0.434. The standard InChI is InChI=1S/C23H19F3N6O/c1-30-22(12-7-16(24)20(26)17(25)8-12)14-9-13-3-2-4-18(21(14)29-30)32(13)23(33)15-10-28-31-6-5-27-11-19(15)31/h5-8,10-11,13,18H,2-4,9H2,1H3/t13-,18+/m0/s1. The summed E-state index contributed by atoms with van der Waals surface area (Å²) in [4.78, 5) is 19.6. The van der Waals surface area contributed by atoms with Gasteiger partial charge in [0.05, 0.1) is 40.9 Å². The Labute approximate surface area is 186 Å². The normalized spacial score (nSPS) is 19.7. The highest BCUT2D eigenvalue weighted by molar-refractivity contribution is 6.01. The van der Waals surface area contributed by atoms with E-state index in [1.807, 2.05) is 4.90 Å². The van der Waals surface area contributed by atoms with Crippen molar-refractivity contribution >= 4 is 11.4 Å². The molecule has 0 aliphatic carbocycles. The van der Waals surface area contributed by atoms with Crippen molar-refractivity contribution < 1.29 is 18.0 Å². The van der Waals surface area contributed by atoms with Gasteiger partial charge in [-0.2, -0.15) is 10.2 Å². The van der Waals surface area contributed by atoms with Crippen molar-refractivity contribution in [2.75, 3.05) is 0 Å². The van der Waals surface area contributed by atoms with E-state index in [-0.39, 0.29) is 23.6 Å². The summed E-state index contributed by atoms with van der Waals surface area (Å²) in [5, 5.41) is 8.92. The lowest BCUT2D eigenvalue weighted by molar-refractivity contribution is 0.0394. The number of carbonyl (C=O) groups excluding carboxylic acids is 1. The van der Waals surface area contributed by atoms with Gasteiger partial charge in [-0.25, -0.2) is 17.7 Å². The van der Waals surface area contributed by atoms with Gasteiger partial charge in [-0.3, -0.25) is 14.5 Å². The van der Waals surface area contributed by atoms with Crippen LogP contribution in [-0.4, -0.2) is 41.2 Å². The van der Waals surface area contributed by atoms with E-state index in [4.69, 9.17) is 0 Å². The Kier molecular flexibility index (Phi) is 4.33. The second kappa shape index (κ2) is 7.16. The molecule has 1 saturated heterocycles. The second-order valence-corrected chi connectivity index (χ2v) is 8.57. The second-order valence-electron chi connectivity index (χ2n) is 8.57. The number of piperidine rings is 1. The molecule has 7 nitrogen and oxygen atoms in total. The van der Waals surface area contributed by atoms with Crippen LogP contribution in [0.15, 0.2) is 36.9 Å². The lowest BCUT2D eigenvalue weighted by Gasteiger charge is -2.45. The number of carbonyl (C=O) groups is 1. The molecular weight excluding hydrogens is 433 g/mol. The zero-order valence-corrected chi connectivity index (χ0v) is 17.7. The SMILES string of the molecule is Cn1nc2c(c1-c1cc(F)c(F)c(F)c1)C[C@@H]1CCC[C@H]2N1C(=O)c1cnn2ccncc12. The molecule has 168 valence electrons. The summed E-state index contributed by atoms with van der Waals surface area (Å²) in [5.41, 5.74) is 3.45. The molecule has 3 aromatic heterocycles. The van der Waals surface area contributed by atoms with Crippen LogP contribution in [0.25, 0.3) is 16.8 Å². The van der Waals surface area contributed by atoms with Gasteiger partial charge in [0, 0.05) is 36.6 Å². The molecule has 2 aliphatic heterocycles. The molecule has 2 aliphatic rings. The van der Waals surface area contributed by atoms with E-state index in [9.17, 15) is 18.0 Å². The van der Waals surface area contributed by atoms with Crippen LogP contribution >= 0.6 is 0 Å². The Balaban J connectivity index is 1.45. The minimum Gasteiger partial charge on any atom is -0.327 e. The smallest absolute Gasteiger partial charge is 0.258 e. The molecule has 0 saturated carbocycles. The van der Waals surface area contributed by atoms with E-state index >= 15 is 0 Å². The molecule has 6 rings (SSSR count). The van der Waals surface area contributed by atoms with Crippen LogP contribution < -0.4 is 0 Å². The van der Waals surface area contributed by atoms with Gasteiger partial charge in [0.2, 0.25) is 0 Å². The monoisotopic (exact) mass is 452 g/mol. The Morgan fingerprint density at radius 1 is 1.12 bits per heavy atom. The van der Waals surface area contributed by atoms with Crippen molar-refractivity contribution in [3.63, 3.8) is 0 Å². The minimum atomic E-state index is -1.49. The Bertz CT molecular complexity index is 1400. The van der Waals surface area contributed by atoms with E-state index in [1.54, 1.807) is 41.0 Å². The third-order valence-corrected chi connectivity index (χ3v) is 6.72. The van der Waals surface area contributed by atoms with Crippen LogP contribution in [0.5, 0.6) is 0 Å². The molecule has 10 heteroatoms. The number of aryl methyl sites for hydroxylation is 1. The number of hydrogen-bond acceptors (Lipinski definition) is 4. The summed E-state index contributed by atoms with van der Waals surface area (Å²) < 4.78 is 44.7. The minimum absolute atomic E-state index is 0.0894. The number of fused-ring (bicyclic) bond motifs is 5. The van der Waals surface area contributed by atoms with Gasteiger partial charge in [-0.05, 0) is 37.8 Å². The first-order valence-corrected chi connectivity index (χ1v) is 10.7. The maximum Gasteiger partial charge on any atom is 0.258 e. The molecule has 2 bridgehead atoms. The molecule has 0 spiro atoms. The number of hydrogen-bond donors (Lipinski definition) is 0. The van der Waals surface area contributed by atoms with E-state index in [0.717, 1.165) is 42.7 Å². The third kappa shape index (κ3) is 2.89. The molecule has 0 unspecified atom stereocenters. The molecule has 4 aromatic rings. The summed E-state index contributed by atoms with van der Waals surface area (Å²) in [6, 6.07) is 1.64. The molecular formula is C23H19F3N6O. The van der Waals surface area contributed by atoms with Crippen LogP contribution in [0, 0.1) is 17.5 Å². The predicted octanol–water partition coefficient (Wildman–Crippen LogP) is 3.84. The highest BCUT2D eigenvalue weighted by atomic mass is 19.2. The van der Waals surface area contributed by atoms with Crippen LogP contribution in [0.4, 0.5) is 13.2 Å². The molecule has 0 N–H and O–H groups in total. The fourth-order valence-corrected chi connectivity index (χ4v) is 5.34. The molecule has 5 heterocycles. The van der Waals surface area contributed by atoms with Crippen LogP contribution in [-0.2, 0) is 13.5 Å².